The van der Waals surface area contributed by atoms with Crippen LogP contribution in [0, 0.1) is 0 Å². The van der Waals surface area contributed by atoms with Gasteiger partial charge in [-0.15, -0.1) is 0 Å². The van der Waals surface area contributed by atoms with Crippen molar-refractivity contribution in [1.29, 1.82) is 0 Å². The molecule has 1 rings (SSSR count). The van der Waals surface area contributed by atoms with E-state index in [1.54, 1.807) is 0 Å². The molecule has 6 atom stereocenters. The van der Waals surface area contributed by atoms with Crippen molar-refractivity contribution in [2.75, 3.05) is 0 Å². The standard InChI is InChI=1S/C9H18O6/c1-2-3-4(10)8-6(12)5(11)7(13)9(14)15-8/h4-14H,2-3H2,1H3/t4?,5-,6+,7+,8+,9-/m0/s1. The fraction of sp³-hybridized carbons (Fsp3) is 1.00. The minimum absolute atomic E-state index is 0.386. The molecular formula is C9H18O6. The smallest absolute Gasteiger partial charge is 0.184 e. The van der Waals surface area contributed by atoms with Gasteiger partial charge in [0, 0.05) is 0 Å². The molecule has 5 N–H and O–H groups in total. The average Bonchev–Trinajstić information content (AvgIpc) is 2.20. The summed E-state index contributed by atoms with van der Waals surface area (Å²) in [6.07, 6.45) is -7.01. The maximum Gasteiger partial charge on any atom is 0.184 e. The molecule has 0 spiro atoms. The highest BCUT2D eigenvalue weighted by atomic mass is 16.6. The molecule has 0 aromatic carbocycles. The van der Waals surface area contributed by atoms with Crippen LogP contribution >= 0.6 is 0 Å². The molecule has 6 heteroatoms. The van der Waals surface area contributed by atoms with Crippen molar-refractivity contribution in [2.45, 2.75) is 56.6 Å². The van der Waals surface area contributed by atoms with Gasteiger partial charge in [-0.2, -0.15) is 0 Å². The third-order valence-corrected chi connectivity index (χ3v) is 2.59. The van der Waals surface area contributed by atoms with Gasteiger partial charge < -0.3 is 30.3 Å². The van der Waals surface area contributed by atoms with Crippen LogP contribution < -0.4 is 0 Å². The number of aliphatic hydroxyl groups excluding tert-OH is 5. The zero-order valence-electron chi connectivity index (χ0n) is 8.52. The van der Waals surface area contributed by atoms with Gasteiger partial charge in [-0.25, -0.2) is 0 Å². The van der Waals surface area contributed by atoms with Gasteiger partial charge >= 0.3 is 0 Å². The molecule has 6 nitrogen and oxygen atoms in total. The Hall–Kier alpha value is -0.240. The molecular weight excluding hydrogens is 204 g/mol. The Kier molecular flexibility index (Phi) is 4.45. The lowest BCUT2D eigenvalue weighted by Crippen LogP contribution is -2.60. The molecule has 1 saturated heterocycles. The molecule has 1 heterocycles. The Morgan fingerprint density at radius 2 is 1.67 bits per heavy atom. The number of ether oxygens (including phenoxy) is 1. The van der Waals surface area contributed by atoms with Gasteiger partial charge in [0.2, 0.25) is 0 Å². The molecule has 1 aliphatic heterocycles. The number of hydrogen-bond donors (Lipinski definition) is 5. The lowest BCUT2D eigenvalue weighted by atomic mass is 9.94. The van der Waals surface area contributed by atoms with Gasteiger partial charge in [-0.1, -0.05) is 13.3 Å². The number of hydrogen-bond acceptors (Lipinski definition) is 6. The number of rotatable bonds is 3. The predicted octanol–water partition coefficient (Wildman–Crippen LogP) is -2.05. The van der Waals surface area contributed by atoms with Crippen LogP contribution in [0.5, 0.6) is 0 Å². The van der Waals surface area contributed by atoms with Crippen LogP contribution in [-0.4, -0.2) is 62.3 Å². The first-order chi connectivity index (χ1) is 6.99. The first kappa shape index (κ1) is 12.8. The monoisotopic (exact) mass is 222 g/mol. The second kappa shape index (κ2) is 5.20. The normalized spacial score (nSPS) is 44.0. The molecule has 0 aromatic rings. The summed E-state index contributed by atoms with van der Waals surface area (Å²) in [5.74, 6) is 0. The molecule has 90 valence electrons. The molecule has 1 aliphatic rings. The van der Waals surface area contributed by atoms with E-state index in [9.17, 15) is 25.5 Å². The minimum Gasteiger partial charge on any atom is -0.390 e. The molecule has 15 heavy (non-hydrogen) atoms. The Morgan fingerprint density at radius 3 is 2.20 bits per heavy atom. The largest absolute Gasteiger partial charge is 0.390 e. The van der Waals surface area contributed by atoms with E-state index in [1.807, 2.05) is 6.92 Å². The molecule has 0 saturated carbocycles. The third-order valence-electron chi connectivity index (χ3n) is 2.59. The van der Waals surface area contributed by atoms with Crippen LogP contribution in [0.15, 0.2) is 0 Å². The van der Waals surface area contributed by atoms with Crippen molar-refractivity contribution in [1.82, 2.24) is 0 Å². The molecule has 0 bridgehead atoms. The van der Waals surface area contributed by atoms with E-state index >= 15 is 0 Å². The number of aliphatic hydroxyl groups is 5. The van der Waals surface area contributed by atoms with E-state index in [1.165, 1.54) is 0 Å². The highest BCUT2D eigenvalue weighted by Gasteiger charge is 2.45. The van der Waals surface area contributed by atoms with Crippen molar-refractivity contribution in [2.24, 2.45) is 0 Å². The first-order valence-electron chi connectivity index (χ1n) is 5.04. The summed E-state index contributed by atoms with van der Waals surface area (Å²) in [5.41, 5.74) is 0. The van der Waals surface area contributed by atoms with Gasteiger partial charge in [0.25, 0.3) is 0 Å². The molecule has 0 aliphatic carbocycles. The maximum atomic E-state index is 9.58. The van der Waals surface area contributed by atoms with E-state index in [-0.39, 0.29) is 0 Å². The Labute approximate surface area is 87.7 Å². The second-order valence-corrected chi connectivity index (χ2v) is 3.82. The maximum absolute atomic E-state index is 9.58. The van der Waals surface area contributed by atoms with Gasteiger partial charge in [-0.05, 0) is 6.42 Å². The Morgan fingerprint density at radius 1 is 1.07 bits per heavy atom. The van der Waals surface area contributed by atoms with Crippen LogP contribution in [0.4, 0.5) is 0 Å². The van der Waals surface area contributed by atoms with Crippen molar-refractivity contribution < 1.29 is 30.3 Å². The summed E-state index contributed by atoms with van der Waals surface area (Å²) in [6.45, 7) is 1.85. The summed E-state index contributed by atoms with van der Waals surface area (Å²) >= 11 is 0. The van der Waals surface area contributed by atoms with Gasteiger partial charge in [-0.3, -0.25) is 0 Å². The minimum atomic E-state index is -1.58. The topological polar surface area (TPSA) is 110 Å². The summed E-state index contributed by atoms with van der Waals surface area (Å²) in [5, 5.41) is 46.8. The van der Waals surface area contributed by atoms with Crippen LogP contribution in [0.1, 0.15) is 19.8 Å². The molecule has 0 radical (unpaired) electrons. The summed E-state index contributed by atoms with van der Waals surface area (Å²) < 4.78 is 4.84. The average molecular weight is 222 g/mol. The second-order valence-electron chi connectivity index (χ2n) is 3.82. The van der Waals surface area contributed by atoms with Gasteiger partial charge in [0.05, 0.1) is 6.10 Å². The van der Waals surface area contributed by atoms with E-state index in [4.69, 9.17) is 4.74 Å². The zero-order valence-corrected chi connectivity index (χ0v) is 8.52. The Balaban J connectivity index is 2.65. The molecule has 0 amide bonds. The fourth-order valence-corrected chi connectivity index (χ4v) is 1.67. The highest BCUT2D eigenvalue weighted by molar-refractivity contribution is 4.91. The van der Waals surface area contributed by atoms with Gasteiger partial charge in [0.15, 0.2) is 6.29 Å². The van der Waals surface area contributed by atoms with Crippen LogP contribution in [0.2, 0.25) is 0 Å². The van der Waals surface area contributed by atoms with Crippen LogP contribution in [0.25, 0.3) is 0 Å². The summed E-state index contributed by atoms with van der Waals surface area (Å²) in [6, 6.07) is 0. The SMILES string of the molecule is CCCC(O)[C@H]1O[C@H](O)[C@H](O)[C@@H](O)[C@H]1O. The Bertz CT molecular complexity index is 199. The highest BCUT2D eigenvalue weighted by Crippen LogP contribution is 2.23. The van der Waals surface area contributed by atoms with E-state index in [0.29, 0.717) is 12.8 Å². The molecule has 0 aromatic heterocycles. The lowest BCUT2D eigenvalue weighted by Gasteiger charge is -2.40. The van der Waals surface area contributed by atoms with Crippen molar-refractivity contribution in [3.63, 3.8) is 0 Å². The van der Waals surface area contributed by atoms with E-state index in [0.717, 1.165) is 0 Å². The zero-order chi connectivity index (χ0) is 11.6. The quantitative estimate of drug-likeness (QED) is 0.376. The van der Waals surface area contributed by atoms with Crippen molar-refractivity contribution >= 4 is 0 Å². The molecule has 1 unspecified atom stereocenters. The van der Waals surface area contributed by atoms with Crippen LogP contribution in [-0.2, 0) is 4.74 Å². The van der Waals surface area contributed by atoms with Gasteiger partial charge in [0.1, 0.15) is 24.4 Å². The summed E-state index contributed by atoms with van der Waals surface area (Å²) in [7, 11) is 0. The third kappa shape index (κ3) is 2.66. The predicted molar refractivity (Wildman–Crippen MR) is 49.8 cm³/mol. The lowest BCUT2D eigenvalue weighted by molar-refractivity contribution is -0.297. The van der Waals surface area contributed by atoms with E-state index < -0.39 is 36.8 Å². The summed E-state index contributed by atoms with van der Waals surface area (Å²) in [4.78, 5) is 0. The molecule has 1 fully saturated rings. The van der Waals surface area contributed by atoms with Crippen molar-refractivity contribution in [3.05, 3.63) is 0 Å². The first-order valence-corrected chi connectivity index (χ1v) is 5.04. The van der Waals surface area contributed by atoms with E-state index in [2.05, 4.69) is 0 Å². The fourth-order valence-electron chi connectivity index (χ4n) is 1.67. The van der Waals surface area contributed by atoms with Crippen molar-refractivity contribution in [3.8, 4) is 0 Å². The van der Waals surface area contributed by atoms with Crippen LogP contribution in [0.3, 0.4) is 0 Å².